The van der Waals surface area contributed by atoms with E-state index in [2.05, 4.69) is 5.32 Å². The van der Waals surface area contributed by atoms with E-state index >= 15 is 0 Å². The molecule has 0 saturated heterocycles. The summed E-state index contributed by atoms with van der Waals surface area (Å²) in [5.74, 6) is 0.298. The smallest absolute Gasteiger partial charge is 0.239 e. The highest BCUT2D eigenvalue weighted by Crippen LogP contribution is 2.29. The van der Waals surface area contributed by atoms with Crippen LogP contribution in [0.4, 0.5) is 5.69 Å². The standard InChI is InChI=1S/C15H21ClN2O/c16-12-8-4-5-9-13(12)18-14(15(17)19)10-11-6-2-1-3-7-11/h4-5,8-9,11,14,18H,1-3,6-7,10H2,(H2,17,19). The molecule has 2 rings (SSSR count). The third kappa shape index (κ3) is 4.13. The lowest BCUT2D eigenvalue weighted by Gasteiger charge is -2.26. The van der Waals surface area contributed by atoms with Crippen molar-refractivity contribution < 1.29 is 4.79 Å². The second-order valence-electron chi connectivity index (χ2n) is 5.32. The van der Waals surface area contributed by atoms with Gasteiger partial charge in [-0.3, -0.25) is 4.79 Å². The third-order valence-electron chi connectivity index (χ3n) is 3.84. The number of benzene rings is 1. The molecule has 4 heteroatoms. The molecule has 1 aliphatic carbocycles. The first-order valence-electron chi connectivity index (χ1n) is 6.97. The van der Waals surface area contributed by atoms with E-state index in [0.29, 0.717) is 10.9 Å². The van der Waals surface area contributed by atoms with Gasteiger partial charge in [-0.25, -0.2) is 0 Å². The Kier molecular flexibility index (Phi) is 5.08. The van der Waals surface area contributed by atoms with Gasteiger partial charge in [0, 0.05) is 0 Å². The normalized spacial score (nSPS) is 17.9. The largest absolute Gasteiger partial charge is 0.372 e. The molecular weight excluding hydrogens is 260 g/mol. The SMILES string of the molecule is NC(=O)C(CC1CCCCC1)Nc1ccccc1Cl. The molecular formula is C15H21ClN2O. The average molecular weight is 281 g/mol. The van der Waals surface area contributed by atoms with Crippen LogP contribution in [0.2, 0.25) is 5.02 Å². The van der Waals surface area contributed by atoms with Gasteiger partial charge in [0.1, 0.15) is 6.04 Å². The Balaban J connectivity index is 2.00. The highest BCUT2D eigenvalue weighted by molar-refractivity contribution is 6.33. The molecule has 0 spiro atoms. The molecule has 0 aliphatic heterocycles. The van der Waals surface area contributed by atoms with Crippen molar-refractivity contribution in [3.05, 3.63) is 29.3 Å². The molecule has 1 saturated carbocycles. The molecule has 1 fully saturated rings. The second-order valence-corrected chi connectivity index (χ2v) is 5.73. The zero-order valence-electron chi connectivity index (χ0n) is 11.1. The van der Waals surface area contributed by atoms with Gasteiger partial charge in [-0.2, -0.15) is 0 Å². The predicted molar refractivity (Wildman–Crippen MR) is 79.2 cm³/mol. The van der Waals surface area contributed by atoms with Crippen molar-refractivity contribution in [3.63, 3.8) is 0 Å². The van der Waals surface area contributed by atoms with Crippen molar-refractivity contribution in [2.45, 2.75) is 44.6 Å². The summed E-state index contributed by atoms with van der Waals surface area (Å²) in [4.78, 5) is 11.6. The lowest BCUT2D eigenvalue weighted by Crippen LogP contribution is -2.37. The molecule has 3 nitrogen and oxygen atoms in total. The van der Waals surface area contributed by atoms with E-state index in [1.54, 1.807) is 0 Å². The molecule has 0 heterocycles. The second kappa shape index (κ2) is 6.80. The van der Waals surface area contributed by atoms with E-state index in [1.807, 2.05) is 24.3 Å². The van der Waals surface area contributed by atoms with Crippen molar-refractivity contribution in [1.82, 2.24) is 0 Å². The van der Waals surface area contributed by atoms with Gasteiger partial charge in [0.2, 0.25) is 5.91 Å². The zero-order chi connectivity index (χ0) is 13.7. The molecule has 0 bridgehead atoms. The van der Waals surface area contributed by atoms with E-state index in [9.17, 15) is 4.79 Å². The summed E-state index contributed by atoms with van der Waals surface area (Å²) in [5, 5.41) is 3.81. The Labute approximate surface area is 119 Å². The first-order valence-corrected chi connectivity index (χ1v) is 7.35. The van der Waals surface area contributed by atoms with Gasteiger partial charge < -0.3 is 11.1 Å². The van der Waals surface area contributed by atoms with Crippen molar-refractivity contribution >= 4 is 23.2 Å². The Morgan fingerprint density at radius 3 is 2.63 bits per heavy atom. The summed E-state index contributed by atoms with van der Waals surface area (Å²) in [6.07, 6.45) is 7.06. The summed E-state index contributed by atoms with van der Waals surface area (Å²) >= 11 is 6.10. The topological polar surface area (TPSA) is 55.1 Å². The van der Waals surface area contributed by atoms with E-state index in [4.69, 9.17) is 17.3 Å². The van der Waals surface area contributed by atoms with E-state index < -0.39 is 0 Å². The lowest BCUT2D eigenvalue weighted by atomic mass is 9.84. The fourth-order valence-electron chi connectivity index (χ4n) is 2.77. The van der Waals surface area contributed by atoms with Crippen molar-refractivity contribution in [2.24, 2.45) is 11.7 Å². The minimum absolute atomic E-state index is 0.300. The van der Waals surface area contributed by atoms with Crippen LogP contribution in [-0.4, -0.2) is 11.9 Å². The number of amides is 1. The molecule has 1 amide bonds. The maximum Gasteiger partial charge on any atom is 0.239 e. The molecule has 104 valence electrons. The number of halogens is 1. The van der Waals surface area contributed by atoms with Crippen LogP contribution in [-0.2, 0) is 4.79 Å². The zero-order valence-corrected chi connectivity index (χ0v) is 11.8. The van der Waals surface area contributed by atoms with Gasteiger partial charge in [-0.1, -0.05) is 55.8 Å². The summed E-state index contributed by atoms with van der Waals surface area (Å²) in [6, 6.07) is 7.12. The van der Waals surface area contributed by atoms with E-state index in [1.165, 1.54) is 32.1 Å². The number of rotatable bonds is 5. The fourth-order valence-corrected chi connectivity index (χ4v) is 2.96. The van der Waals surface area contributed by atoms with Crippen LogP contribution in [0.1, 0.15) is 38.5 Å². The van der Waals surface area contributed by atoms with Gasteiger partial charge in [0.05, 0.1) is 10.7 Å². The van der Waals surface area contributed by atoms with Crippen molar-refractivity contribution in [2.75, 3.05) is 5.32 Å². The molecule has 1 aromatic rings. The Morgan fingerprint density at radius 2 is 2.00 bits per heavy atom. The molecule has 0 radical (unpaired) electrons. The van der Waals surface area contributed by atoms with Crippen LogP contribution in [0.5, 0.6) is 0 Å². The van der Waals surface area contributed by atoms with Gasteiger partial charge >= 0.3 is 0 Å². The number of hydrogen-bond donors (Lipinski definition) is 2. The van der Waals surface area contributed by atoms with E-state index in [0.717, 1.165) is 12.1 Å². The quantitative estimate of drug-likeness (QED) is 0.866. The van der Waals surface area contributed by atoms with Crippen molar-refractivity contribution in [1.29, 1.82) is 0 Å². The number of primary amides is 1. The predicted octanol–water partition coefficient (Wildman–Crippen LogP) is 3.58. The maximum atomic E-state index is 11.6. The van der Waals surface area contributed by atoms with Crippen LogP contribution in [0.3, 0.4) is 0 Å². The molecule has 19 heavy (non-hydrogen) atoms. The number of carbonyl (C=O) groups excluding carboxylic acids is 1. The fraction of sp³-hybridized carbons (Fsp3) is 0.533. The number of anilines is 1. The first kappa shape index (κ1) is 14.2. The van der Waals surface area contributed by atoms with E-state index in [-0.39, 0.29) is 11.9 Å². The van der Waals surface area contributed by atoms with Crippen LogP contribution in [0.15, 0.2) is 24.3 Å². The Morgan fingerprint density at radius 1 is 1.32 bits per heavy atom. The van der Waals surface area contributed by atoms with Gasteiger partial charge in [0.25, 0.3) is 0 Å². The highest BCUT2D eigenvalue weighted by atomic mass is 35.5. The molecule has 1 unspecified atom stereocenters. The summed E-state index contributed by atoms with van der Waals surface area (Å²) in [7, 11) is 0. The summed E-state index contributed by atoms with van der Waals surface area (Å²) in [5.41, 5.74) is 6.29. The first-order chi connectivity index (χ1) is 9.16. The molecule has 1 atom stereocenters. The number of nitrogens with two attached hydrogens (primary N) is 1. The number of nitrogens with one attached hydrogen (secondary N) is 1. The maximum absolute atomic E-state index is 11.6. The Hall–Kier alpha value is -1.22. The minimum Gasteiger partial charge on any atom is -0.372 e. The van der Waals surface area contributed by atoms with Crippen LogP contribution >= 0.6 is 11.6 Å². The number of carbonyl (C=O) groups is 1. The number of para-hydroxylation sites is 1. The summed E-state index contributed by atoms with van der Waals surface area (Å²) < 4.78 is 0. The minimum atomic E-state index is -0.331. The van der Waals surface area contributed by atoms with Gasteiger partial charge in [0.15, 0.2) is 0 Å². The molecule has 1 aliphatic rings. The van der Waals surface area contributed by atoms with Crippen LogP contribution in [0.25, 0.3) is 0 Å². The Bertz CT molecular complexity index is 430. The lowest BCUT2D eigenvalue weighted by molar-refractivity contribution is -0.119. The monoisotopic (exact) mass is 280 g/mol. The molecule has 3 N–H and O–H groups in total. The molecule has 1 aromatic carbocycles. The number of hydrogen-bond acceptors (Lipinski definition) is 2. The third-order valence-corrected chi connectivity index (χ3v) is 4.17. The van der Waals surface area contributed by atoms with Crippen molar-refractivity contribution in [3.8, 4) is 0 Å². The van der Waals surface area contributed by atoms with Crippen LogP contribution in [0, 0.1) is 5.92 Å². The summed E-state index contributed by atoms with van der Waals surface area (Å²) in [6.45, 7) is 0. The van der Waals surface area contributed by atoms with Gasteiger partial charge in [-0.05, 0) is 24.5 Å². The van der Waals surface area contributed by atoms with Crippen LogP contribution < -0.4 is 11.1 Å². The average Bonchev–Trinajstić information content (AvgIpc) is 2.41. The van der Waals surface area contributed by atoms with Gasteiger partial charge in [-0.15, -0.1) is 0 Å². The highest BCUT2D eigenvalue weighted by Gasteiger charge is 2.23. The molecule has 0 aromatic heterocycles.